The largest absolute Gasteiger partial charge is 0.391 e. The average Bonchev–Trinajstić information content (AvgIpc) is 2.80. The monoisotopic (exact) mass is 253 g/mol. The van der Waals surface area contributed by atoms with Gasteiger partial charge in [-0.15, -0.1) is 0 Å². The fourth-order valence-corrected chi connectivity index (χ4v) is 2.14. The van der Waals surface area contributed by atoms with Crippen molar-refractivity contribution >= 4 is 5.69 Å². The van der Waals surface area contributed by atoms with E-state index in [2.05, 4.69) is 10.00 Å². The summed E-state index contributed by atoms with van der Waals surface area (Å²) in [5.41, 5.74) is 0.635. The van der Waals surface area contributed by atoms with Gasteiger partial charge in [0.2, 0.25) is 0 Å². The quantitative estimate of drug-likeness (QED) is 0.808. The third-order valence-corrected chi connectivity index (χ3v) is 3.14. The van der Waals surface area contributed by atoms with E-state index in [1.807, 2.05) is 0 Å². The zero-order chi connectivity index (χ0) is 13.1. The lowest BCUT2D eigenvalue weighted by Crippen LogP contribution is -2.29. The molecule has 1 aromatic heterocycles. The lowest BCUT2D eigenvalue weighted by Gasteiger charge is -2.18. The first-order valence-corrected chi connectivity index (χ1v) is 6.13. The van der Waals surface area contributed by atoms with Crippen LogP contribution in [-0.2, 0) is 11.3 Å². The van der Waals surface area contributed by atoms with Crippen molar-refractivity contribution in [1.82, 2.24) is 9.78 Å². The number of nitrogens with zero attached hydrogens (tertiary/aromatic N) is 3. The van der Waals surface area contributed by atoms with Crippen LogP contribution in [0.3, 0.4) is 0 Å². The fraction of sp³-hybridized carbons (Fsp3) is 0.667. The molecule has 6 heteroatoms. The highest BCUT2D eigenvalue weighted by atomic mass is 16.5. The number of aliphatic hydroxyl groups is 1. The first-order chi connectivity index (χ1) is 8.60. The summed E-state index contributed by atoms with van der Waals surface area (Å²) >= 11 is 0. The summed E-state index contributed by atoms with van der Waals surface area (Å²) in [5.74, 6) is 0. The van der Waals surface area contributed by atoms with Crippen molar-refractivity contribution in [2.45, 2.75) is 32.1 Å². The van der Waals surface area contributed by atoms with E-state index in [1.54, 1.807) is 26.3 Å². The predicted molar refractivity (Wildman–Crippen MR) is 67.8 cm³/mol. The maximum atomic E-state index is 11.8. The Labute approximate surface area is 106 Å². The molecule has 1 aliphatic rings. The molecule has 2 unspecified atom stereocenters. The number of aliphatic hydroxyl groups excluding tert-OH is 1. The first kappa shape index (κ1) is 13.0. The summed E-state index contributed by atoms with van der Waals surface area (Å²) in [6.45, 7) is 3.52. The maximum absolute atomic E-state index is 11.8. The highest BCUT2D eigenvalue weighted by Crippen LogP contribution is 2.19. The van der Waals surface area contributed by atoms with Crippen LogP contribution in [0.15, 0.2) is 17.1 Å². The topological polar surface area (TPSA) is 67.6 Å². The Morgan fingerprint density at radius 3 is 3.00 bits per heavy atom. The zero-order valence-corrected chi connectivity index (χ0v) is 10.7. The van der Waals surface area contributed by atoms with E-state index < -0.39 is 6.10 Å². The normalized spacial score (nSPS) is 21.3. The Hall–Kier alpha value is -1.40. The molecule has 1 fully saturated rings. The molecule has 1 aromatic rings. The van der Waals surface area contributed by atoms with Crippen LogP contribution in [0.1, 0.15) is 13.3 Å². The molecule has 0 spiro atoms. The van der Waals surface area contributed by atoms with Crippen molar-refractivity contribution in [2.24, 2.45) is 0 Å². The van der Waals surface area contributed by atoms with Gasteiger partial charge < -0.3 is 14.7 Å². The van der Waals surface area contributed by atoms with E-state index in [0.29, 0.717) is 0 Å². The molecule has 0 amide bonds. The molecule has 0 bridgehead atoms. The molecule has 6 nitrogen and oxygen atoms in total. The van der Waals surface area contributed by atoms with Crippen LogP contribution in [0.25, 0.3) is 0 Å². The van der Waals surface area contributed by atoms with Gasteiger partial charge in [-0.3, -0.25) is 4.79 Å². The van der Waals surface area contributed by atoms with Crippen LogP contribution < -0.4 is 10.5 Å². The van der Waals surface area contributed by atoms with E-state index in [9.17, 15) is 9.90 Å². The molecule has 0 aliphatic carbocycles. The summed E-state index contributed by atoms with van der Waals surface area (Å²) in [7, 11) is 1.70. The molecule has 18 heavy (non-hydrogen) atoms. The summed E-state index contributed by atoms with van der Waals surface area (Å²) in [6, 6.07) is 1.56. The van der Waals surface area contributed by atoms with Crippen molar-refractivity contribution in [3.8, 4) is 0 Å². The molecule has 1 aliphatic heterocycles. The van der Waals surface area contributed by atoms with Gasteiger partial charge in [0.05, 0.1) is 30.6 Å². The van der Waals surface area contributed by atoms with Crippen molar-refractivity contribution < 1.29 is 9.84 Å². The van der Waals surface area contributed by atoms with Crippen molar-refractivity contribution in [2.75, 3.05) is 25.1 Å². The van der Waals surface area contributed by atoms with Crippen LogP contribution in [0.5, 0.6) is 0 Å². The molecular formula is C12H19N3O3. The van der Waals surface area contributed by atoms with Gasteiger partial charge in [-0.25, -0.2) is 4.68 Å². The Balaban J connectivity index is 2.12. The number of ether oxygens (including phenoxy) is 1. The minimum atomic E-state index is -0.578. The Kier molecular flexibility index (Phi) is 3.98. The molecule has 1 saturated heterocycles. The number of anilines is 1. The highest BCUT2D eigenvalue weighted by Gasteiger charge is 2.22. The van der Waals surface area contributed by atoms with E-state index in [1.165, 1.54) is 4.68 Å². The van der Waals surface area contributed by atoms with Crippen molar-refractivity contribution in [3.05, 3.63) is 22.6 Å². The molecular weight excluding hydrogens is 234 g/mol. The molecule has 100 valence electrons. The van der Waals surface area contributed by atoms with Crippen LogP contribution >= 0.6 is 0 Å². The summed E-state index contributed by atoms with van der Waals surface area (Å²) in [6.07, 6.45) is 2.28. The van der Waals surface area contributed by atoms with Crippen molar-refractivity contribution in [3.63, 3.8) is 0 Å². The number of hydrogen-bond acceptors (Lipinski definition) is 5. The molecule has 2 atom stereocenters. The molecule has 2 heterocycles. The second kappa shape index (κ2) is 5.49. The lowest BCUT2D eigenvalue weighted by molar-refractivity contribution is 0.121. The zero-order valence-electron chi connectivity index (χ0n) is 10.7. The smallest absolute Gasteiger partial charge is 0.268 e. The number of aromatic nitrogens is 2. The van der Waals surface area contributed by atoms with Crippen LogP contribution in [0.2, 0.25) is 0 Å². The Bertz CT molecular complexity index is 458. The fourth-order valence-electron chi connectivity index (χ4n) is 2.14. The maximum Gasteiger partial charge on any atom is 0.268 e. The van der Waals surface area contributed by atoms with E-state index in [-0.39, 0.29) is 18.2 Å². The van der Waals surface area contributed by atoms with E-state index in [4.69, 9.17) is 4.74 Å². The van der Waals surface area contributed by atoms with Crippen LogP contribution in [-0.4, -0.2) is 47.3 Å². The van der Waals surface area contributed by atoms with Gasteiger partial charge in [0.25, 0.3) is 5.56 Å². The standard InChI is InChI=1S/C12H19N3O3/c1-9(16)7-15-12(17)5-10(6-13-15)14-4-3-11(8-14)18-2/h5-6,9,11,16H,3-4,7-8H2,1-2H3. The highest BCUT2D eigenvalue weighted by molar-refractivity contribution is 5.44. The van der Waals surface area contributed by atoms with Gasteiger partial charge in [-0.2, -0.15) is 5.10 Å². The van der Waals surface area contributed by atoms with Crippen LogP contribution in [0, 0.1) is 0 Å². The lowest BCUT2D eigenvalue weighted by atomic mass is 10.3. The van der Waals surface area contributed by atoms with Crippen molar-refractivity contribution in [1.29, 1.82) is 0 Å². The van der Waals surface area contributed by atoms with Gasteiger partial charge in [0.15, 0.2) is 0 Å². The molecule has 0 aromatic carbocycles. The van der Waals surface area contributed by atoms with Gasteiger partial charge in [0, 0.05) is 26.3 Å². The van der Waals surface area contributed by atoms with Crippen LogP contribution in [0.4, 0.5) is 5.69 Å². The summed E-state index contributed by atoms with van der Waals surface area (Å²) < 4.78 is 6.57. The molecule has 2 rings (SSSR count). The Morgan fingerprint density at radius 1 is 1.67 bits per heavy atom. The van der Waals surface area contributed by atoms with Gasteiger partial charge in [-0.1, -0.05) is 0 Å². The summed E-state index contributed by atoms with van der Waals surface area (Å²) in [4.78, 5) is 13.9. The number of hydrogen-bond donors (Lipinski definition) is 1. The minimum Gasteiger partial charge on any atom is -0.391 e. The average molecular weight is 253 g/mol. The number of methoxy groups -OCH3 is 1. The summed E-state index contributed by atoms with van der Waals surface area (Å²) in [5, 5.41) is 13.3. The third-order valence-electron chi connectivity index (χ3n) is 3.14. The molecule has 0 radical (unpaired) electrons. The number of rotatable bonds is 4. The predicted octanol–water partition coefficient (Wildman–Crippen LogP) is -0.151. The minimum absolute atomic E-state index is 0.186. The van der Waals surface area contributed by atoms with Gasteiger partial charge in [0.1, 0.15) is 0 Å². The van der Waals surface area contributed by atoms with E-state index in [0.717, 1.165) is 25.2 Å². The second-order valence-electron chi connectivity index (χ2n) is 4.68. The SMILES string of the molecule is COC1CCN(c2cnn(CC(C)O)c(=O)c2)C1. The molecule has 0 saturated carbocycles. The van der Waals surface area contributed by atoms with E-state index >= 15 is 0 Å². The Morgan fingerprint density at radius 2 is 2.44 bits per heavy atom. The molecule has 1 N–H and O–H groups in total. The van der Waals surface area contributed by atoms with Gasteiger partial charge in [-0.05, 0) is 13.3 Å². The van der Waals surface area contributed by atoms with Gasteiger partial charge >= 0.3 is 0 Å². The third kappa shape index (κ3) is 2.88. The first-order valence-electron chi connectivity index (χ1n) is 6.13. The second-order valence-corrected chi connectivity index (χ2v) is 4.68.